The Morgan fingerprint density at radius 2 is 0.250 bits per heavy atom. The molecule has 4 atom stereocenters. The van der Waals surface area contributed by atoms with Crippen molar-refractivity contribution in [1.29, 1.82) is 0 Å². The number of rotatable bonds is 44. The van der Waals surface area contributed by atoms with E-state index in [9.17, 15) is 0 Å². The molecule has 4 spiro atoms. The predicted octanol–water partition coefficient (Wildman–Crippen LogP) is 26.2. The van der Waals surface area contributed by atoms with E-state index in [1.807, 2.05) is 0 Å². The lowest BCUT2D eigenvalue weighted by molar-refractivity contribution is -0.170. The molecule has 0 aliphatic heterocycles. The Balaban J connectivity index is 0.594. The van der Waals surface area contributed by atoms with Crippen molar-refractivity contribution < 1.29 is 93.7 Å². The zero-order chi connectivity index (χ0) is 99.7. The van der Waals surface area contributed by atoms with E-state index >= 15 is 19.2 Å². The third kappa shape index (κ3) is 7.22. The van der Waals surface area contributed by atoms with Gasteiger partial charge in [0.1, 0.15) is 26.4 Å². The van der Waals surface area contributed by atoms with Crippen LogP contribution in [-0.2, 0) is 115 Å². The molecule has 10 aliphatic carbocycles. The van der Waals surface area contributed by atoms with Gasteiger partial charge < -0.3 is 74.5 Å². The summed E-state index contributed by atoms with van der Waals surface area (Å²) in [5, 5.41) is 72.2. The lowest BCUT2D eigenvalue weighted by Gasteiger charge is -2.36. The van der Waals surface area contributed by atoms with Gasteiger partial charge in [-0.2, -0.15) is 0 Å². The van der Waals surface area contributed by atoms with Crippen molar-refractivity contribution in [2.45, 2.75) is 177 Å². The fourth-order valence-electron chi connectivity index (χ4n) is 36.5. The zero-order valence-electron chi connectivity index (χ0n) is 87.1. The van der Waals surface area contributed by atoms with Gasteiger partial charge in [-0.1, -0.05) is 83.1 Å². The summed E-state index contributed by atoms with van der Waals surface area (Å²) in [5.74, 6) is -2.40. The van der Waals surface area contributed by atoms with E-state index in [-0.39, 0.29) is 99.4 Å². The zero-order valence-corrected chi connectivity index (χ0v) is 91.1. The molecule has 0 N–H and O–H groups in total. The van der Waals surface area contributed by atoms with Crippen LogP contribution < -0.4 is 0 Å². The quantitative estimate of drug-likeness (QED) is 0.00660. The summed E-state index contributed by atoms with van der Waals surface area (Å²) in [4.78, 5) is 74.5. The molecule has 29 aromatic carbocycles. The molecular formula is C124H108O20Si4. The van der Waals surface area contributed by atoms with Crippen molar-refractivity contribution in [2.75, 3.05) is 159 Å². The highest BCUT2D eigenvalue weighted by Gasteiger charge is 3.04. The van der Waals surface area contributed by atoms with Gasteiger partial charge in [0.05, 0.1) is 154 Å². The Bertz CT molecular complexity index is 10300. The highest BCUT2D eigenvalue weighted by Crippen LogP contribution is 3.00. The van der Waals surface area contributed by atoms with E-state index in [0.717, 1.165) is 109 Å². The molecule has 0 bridgehead atoms. The molecule has 740 valence electrons. The molecule has 0 radical (unpaired) electrons. The molecule has 148 heavy (non-hydrogen) atoms. The van der Waals surface area contributed by atoms with Crippen LogP contribution in [0.2, 0.25) is 72.5 Å². The van der Waals surface area contributed by atoms with E-state index in [2.05, 4.69) is 135 Å². The lowest BCUT2D eigenvalue weighted by atomic mass is 9.67. The van der Waals surface area contributed by atoms with Crippen molar-refractivity contribution in [1.82, 2.24) is 0 Å². The molecule has 24 heteroatoms. The minimum atomic E-state index is -2.10. The second-order valence-electron chi connectivity index (χ2n) is 53.1. The van der Waals surface area contributed by atoms with Crippen molar-refractivity contribution in [3.8, 4) is 0 Å². The number of hydrogen-bond acceptors (Lipinski definition) is 20. The number of benzene rings is 21. The van der Waals surface area contributed by atoms with Crippen LogP contribution >= 0.6 is 0 Å². The number of esters is 4. The number of carbonyl (C=O) groups excluding carboxylic acids is 4. The van der Waals surface area contributed by atoms with Gasteiger partial charge in [-0.3, -0.25) is 19.2 Å². The first-order chi connectivity index (χ1) is 71.0. The topological polar surface area (TPSA) is 216 Å². The first kappa shape index (κ1) is 84.3. The predicted molar refractivity (Wildman–Crippen MR) is 598 cm³/mol. The van der Waals surface area contributed by atoms with Crippen LogP contribution in [0.5, 0.6) is 0 Å². The van der Waals surface area contributed by atoms with Gasteiger partial charge in [-0.25, -0.2) is 0 Å². The molecule has 0 aromatic heterocycles. The van der Waals surface area contributed by atoms with Crippen LogP contribution in [-0.4, -0.2) is 216 Å². The summed E-state index contributed by atoms with van der Waals surface area (Å²) in [6, 6.07) is 0. The Labute approximate surface area is 848 Å². The van der Waals surface area contributed by atoms with Gasteiger partial charge in [-0.15, -0.1) is 0 Å². The highest BCUT2D eigenvalue weighted by atomic mass is 28.4. The van der Waals surface area contributed by atoms with Crippen LogP contribution in [0.25, 0.3) is 312 Å². The molecule has 2 saturated carbocycles. The van der Waals surface area contributed by atoms with E-state index < -0.39 is 89.6 Å². The molecule has 4 unspecified atom stereocenters. The van der Waals surface area contributed by atoms with Gasteiger partial charge in [0.2, 0.25) is 0 Å². The summed E-state index contributed by atoms with van der Waals surface area (Å²) >= 11 is 0. The van der Waals surface area contributed by atoms with Crippen molar-refractivity contribution in [3.05, 3.63) is 44.5 Å². The van der Waals surface area contributed by atoms with Crippen LogP contribution in [0.4, 0.5) is 0 Å². The summed E-state index contributed by atoms with van der Waals surface area (Å²) in [5.41, 5.74) is -1.40. The summed E-state index contributed by atoms with van der Waals surface area (Å²) in [7, 11) is -8.09. The Hall–Kier alpha value is -10.3. The Morgan fingerprint density at radius 3 is 0.358 bits per heavy atom. The van der Waals surface area contributed by atoms with Gasteiger partial charge >= 0.3 is 23.9 Å². The highest BCUT2D eigenvalue weighted by molar-refractivity contribution is 6.82. The third-order valence-electron chi connectivity index (χ3n) is 44.5. The van der Waals surface area contributed by atoms with E-state index in [1.54, 1.807) is 0 Å². The Kier molecular flexibility index (Phi) is 13.7. The van der Waals surface area contributed by atoms with Crippen molar-refractivity contribution in [2.24, 2.45) is 10.8 Å². The maximum atomic E-state index is 18.6. The second kappa shape index (κ2) is 24.0. The fourth-order valence-corrected chi connectivity index (χ4v) is 40.7. The lowest BCUT2D eigenvalue weighted by Crippen LogP contribution is -2.41. The van der Waals surface area contributed by atoms with Crippen molar-refractivity contribution in [3.63, 3.8) is 0 Å². The van der Waals surface area contributed by atoms with E-state index in [1.165, 1.54) is 248 Å². The van der Waals surface area contributed by atoms with Crippen LogP contribution in [0.3, 0.4) is 0 Å². The number of hydrogen-bond donors (Lipinski definition) is 0. The molecule has 0 amide bonds. The largest absolute Gasteiger partial charge is 0.462 e. The van der Waals surface area contributed by atoms with Gasteiger partial charge in [0.25, 0.3) is 0 Å². The average molecular weight is 2030 g/mol. The maximum Gasteiger partial charge on any atom is 0.326 e. The SMILES string of the molecule is CC(C)(C)[Si](C)(C)OCCOCCOCCOC(=O)C1(C(=O)OCCOCCOCCO[Si](C)(C)C(C)(C)C)C23c4c5c6c2c2c7c8c9c%10c(c%11c4c4c%12c%13c%14c%15c%16c%17c%18c%19c%20c%21c%22c(c%13c%13c4c%11c4c%10c%10c%11c9c9c7c7c2c2c6c(c%15c5%12)c%16c5c%18c6c%12c%19c%15c%21c%16c%22c%13c4c%10c%16c4c%15c%12c(c7c6c25)c9c%114)C%142C(C(=O)OCCOCCOCCO[Si](C)(C)C(C)(C)C)(C(=O)OCCOCCOCCO[Si](C)(C)C(C)(C)C)C%17%202)C813. The molecule has 39 rings (SSSR count). The normalized spacial score (nSPS) is 21.2. The van der Waals surface area contributed by atoms with Crippen LogP contribution in [0.1, 0.15) is 128 Å². The maximum absolute atomic E-state index is 18.6. The third-order valence-corrected chi connectivity index (χ3v) is 62.7. The first-order valence-corrected chi connectivity index (χ1v) is 66.3. The molecular weight excluding hydrogens is 1920 g/mol. The summed E-state index contributed by atoms with van der Waals surface area (Å²) in [6.45, 7) is 50.6. The molecule has 10 aliphatic rings. The first-order valence-electron chi connectivity index (χ1n) is 54.6. The van der Waals surface area contributed by atoms with Gasteiger partial charge in [0, 0.05) is 0 Å². The van der Waals surface area contributed by atoms with Crippen LogP contribution in [0, 0.1) is 10.8 Å². The van der Waals surface area contributed by atoms with Gasteiger partial charge in [-0.05, 0) is 429 Å². The second-order valence-corrected chi connectivity index (χ2v) is 72.4. The molecule has 2 fully saturated rings. The standard InChI is InChI=1S/C124H108O20Si4/c1-115(2,3)145(13,14)141-41-33-133-25-21-129-29-37-137-111(125)123(112(126)138-38-30-130-22-26-134-34-42-142-146(15,16)116(4,5)6)119-103-87-71-57-47-45-52-48-46-51(47)61(71)75-63-53(46)50-56-66-74-60(50)58(48)72-62(52)76-64-54(45)49-55-65-73(59(49)57)89(87)105(119)95-79(65)69-82-68(55)78(64)94-92(76)104-88(72)90(74)106-96-80(66)70-81-67(56)77(63)93(91(75)103)107-97(81)101-85-84(70)100(96)110-102(86(85)83(69)99(95)109(101)121(107,119)123)98(82)108(94)122(110)120(104,106)124(122,113(127)139-39-31-131-23-27-135-35-43-143-147(17,18)117(7,8)9)114(128)140-40-32-132-24-28-136-36-44-144-148(19,20)118(10,11)12/h21-44H2,1-20H3. The smallest absolute Gasteiger partial charge is 0.326 e. The average Bonchev–Trinajstić information content (AvgIpc) is 1.34. The fraction of sp³-hybridized carbons (Fsp3) is 0.435. The molecule has 29 aromatic rings. The van der Waals surface area contributed by atoms with Crippen LogP contribution in [0.15, 0.2) is 0 Å². The van der Waals surface area contributed by atoms with Crippen molar-refractivity contribution >= 4 is 370 Å². The number of carbonyl (C=O) groups is 4. The minimum Gasteiger partial charge on any atom is -0.462 e. The molecule has 0 saturated heterocycles. The minimum absolute atomic E-state index is 0.0553. The van der Waals surface area contributed by atoms with E-state index in [4.69, 9.17) is 74.5 Å². The number of ether oxygens (including phenoxy) is 12. The monoisotopic (exact) mass is 2030 g/mol. The Morgan fingerprint density at radius 1 is 0.155 bits per heavy atom. The molecule has 0 heterocycles. The van der Waals surface area contributed by atoms with Gasteiger partial charge in [0.15, 0.2) is 44.1 Å². The summed E-state index contributed by atoms with van der Waals surface area (Å²) < 4.78 is 107. The van der Waals surface area contributed by atoms with E-state index in [0.29, 0.717) is 79.3 Å². The molecule has 20 nitrogen and oxygen atoms in total. The summed E-state index contributed by atoms with van der Waals surface area (Å²) in [6.07, 6.45) is 0.